The van der Waals surface area contributed by atoms with Crippen LogP contribution in [-0.4, -0.2) is 26.3 Å². The molecule has 108 valence electrons. The number of carbonyl (C=O) groups is 2. The molecule has 0 spiro atoms. The van der Waals surface area contributed by atoms with E-state index >= 15 is 0 Å². The Morgan fingerprint density at radius 3 is 2.76 bits per heavy atom. The zero-order valence-electron chi connectivity index (χ0n) is 11.9. The van der Waals surface area contributed by atoms with Crippen molar-refractivity contribution in [2.45, 2.75) is 32.2 Å². The van der Waals surface area contributed by atoms with Crippen LogP contribution in [0, 0.1) is 5.92 Å². The maximum Gasteiger partial charge on any atom is 0.170 e. The molecule has 1 aliphatic carbocycles. The minimum Gasteiger partial charge on any atom is -0.299 e. The van der Waals surface area contributed by atoms with E-state index < -0.39 is 0 Å². The molecule has 0 bridgehead atoms. The summed E-state index contributed by atoms with van der Waals surface area (Å²) in [6.07, 6.45) is 4.97. The van der Waals surface area contributed by atoms with Crippen LogP contribution in [0.5, 0.6) is 0 Å². The van der Waals surface area contributed by atoms with E-state index in [-0.39, 0.29) is 29.9 Å². The van der Waals surface area contributed by atoms with E-state index in [1.807, 2.05) is 25.1 Å². The van der Waals surface area contributed by atoms with E-state index in [9.17, 15) is 9.59 Å². The van der Waals surface area contributed by atoms with Crippen molar-refractivity contribution in [3.8, 4) is 0 Å². The van der Waals surface area contributed by atoms with Gasteiger partial charge >= 0.3 is 0 Å². The van der Waals surface area contributed by atoms with Gasteiger partial charge in [0, 0.05) is 11.5 Å². The van der Waals surface area contributed by atoms with Crippen LogP contribution in [-0.2, 0) is 4.79 Å². The quantitative estimate of drug-likeness (QED) is 0.603. The fourth-order valence-electron chi connectivity index (χ4n) is 2.48. The van der Waals surface area contributed by atoms with Gasteiger partial charge in [-0.1, -0.05) is 24.3 Å². The Labute approximate surface area is 123 Å². The van der Waals surface area contributed by atoms with E-state index in [2.05, 4.69) is 10.1 Å². The van der Waals surface area contributed by atoms with Gasteiger partial charge in [0.1, 0.15) is 18.4 Å². The fourth-order valence-corrected chi connectivity index (χ4v) is 2.48. The maximum atomic E-state index is 12.4. The van der Waals surface area contributed by atoms with Gasteiger partial charge in [0.2, 0.25) is 0 Å². The average Bonchev–Trinajstić information content (AvgIpc) is 3.22. The summed E-state index contributed by atoms with van der Waals surface area (Å²) < 4.78 is 1.70. The summed E-state index contributed by atoms with van der Waals surface area (Å²) in [6.45, 7) is 1.96. The zero-order valence-corrected chi connectivity index (χ0v) is 11.9. The molecule has 1 aliphatic rings. The fraction of sp³-hybridized carbons (Fsp3) is 0.375. The van der Waals surface area contributed by atoms with E-state index in [1.165, 1.54) is 6.33 Å². The van der Waals surface area contributed by atoms with E-state index in [0.717, 1.165) is 18.4 Å². The summed E-state index contributed by atoms with van der Waals surface area (Å²) >= 11 is 0. The SMILES string of the molecule is CC(c1ccccc1C(=O)CC(=O)C1CC1)n1cncn1. The Balaban J connectivity index is 1.84. The standard InChI is InChI=1S/C16H17N3O2/c1-11(19-10-17-9-18-19)13-4-2-3-5-14(13)16(21)8-15(20)12-6-7-12/h2-5,9-12H,6-8H2,1H3. The van der Waals surface area contributed by atoms with Crippen LogP contribution in [0.1, 0.15) is 48.1 Å². The lowest BCUT2D eigenvalue weighted by molar-refractivity contribution is -0.119. The summed E-state index contributed by atoms with van der Waals surface area (Å²) in [7, 11) is 0. The van der Waals surface area contributed by atoms with Gasteiger partial charge in [0.25, 0.3) is 0 Å². The number of hydrogen-bond donors (Lipinski definition) is 0. The van der Waals surface area contributed by atoms with Crippen molar-refractivity contribution in [1.29, 1.82) is 0 Å². The predicted molar refractivity (Wildman–Crippen MR) is 77.0 cm³/mol. The Morgan fingerprint density at radius 1 is 1.33 bits per heavy atom. The second kappa shape index (κ2) is 5.60. The summed E-state index contributed by atoms with van der Waals surface area (Å²) in [6, 6.07) is 7.31. The van der Waals surface area contributed by atoms with Gasteiger partial charge in [-0.25, -0.2) is 9.67 Å². The van der Waals surface area contributed by atoms with E-state index in [1.54, 1.807) is 17.1 Å². The van der Waals surface area contributed by atoms with Gasteiger partial charge < -0.3 is 0 Å². The lowest BCUT2D eigenvalue weighted by Gasteiger charge is -2.15. The van der Waals surface area contributed by atoms with Crippen LogP contribution < -0.4 is 0 Å². The number of hydrogen-bond acceptors (Lipinski definition) is 4. The molecule has 1 aromatic heterocycles. The number of nitrogens with zero attached hydrogens (tertiary/aromatic N) is 3. The molecule has 1 fully saturated rings. The molecule has 5 nitrogen and oxygen atoms in total. The molecule has 1 heterocycles. The Kier molecular flexibility index (Phi) is 3.64. The second-order valence-corrected chi connectivity index (χ2v) is 5.48. The third kappa shape index (κ3) is 2.91. The summed E-state index contributed by atoms with van der Waals surface area (Å²) in [5, 5.41) is 4.12. The number of benzene rings is 1. The molecule has 0 amide bonds. The minimum atomic E-state index is -0.102. The number of carbonyl (C=O) groups excluding carboxylic acids is 2. The van der Waals surface area contributed by atoms with Gasteiger partial charge in [0.05, 0.1) is 12.5 Å². The Morgan fingerprint density at radius 2 is 2.10 bits per heavy atom. The third-order valence-electron chi connectivity index (χ3n) is 3.91. The van der Waals surface area contributed by atoms with E-state index in [0.29, 0.717) is 5.56 Å². The van der Waals surface area contributed by atoms with Gasteiger partial charge in [-0.2, -0.15) is 5.10 Å². The van der Waals surface area contributed by atoms with E-state index in [4.69, 9.17) is 0 Å². The molecule has 21 heavy (non-hydrogen) atoms. The number of aromatic nitrogens is 3. The van der Waals surface area contributed by atoms with Gasteiger partial charge in [-0.3, -0.25) is 9.59 Å². The highest BCUT2D eigenvalue weighted by Crippen LogP contribution is 2.31. The number of rotatable bonds is 6. The normalized spacial score (nSPS) is 15.7. The van der Waals surface area contributed by atoms with Crippen molar-refractivity contribution in [2.75, 3.05) is 0 Å². The first-order chi connectivity index (χ1) is 10.2. The van der Waals surface area contributed by atoms with Gasteiger partial charge in [-0.05, 0) is 25.3 Å². The molecule has 3 rings (SSSR count). The lowest BCUT2D eigenvalue weighted by atomic mass is 9.95. The van der Waals surface area contributed by atoms with Gasteiger partial charge in [-0.15, -0.1) is 0 Å². The first-order valence-electron chi connectivity index (χ1n) is 7.15. The van der Waals surface area contributed by atoms with Crippen LogP contribution in [0.3, 0.4) is 0 Å². The zero-order chi connectivity index (χ0) is 14.8. The summed E-state index contributed by atoms with van der Waals surface area (Å²) in [4.78, 5) is 28.2. The highest BCUT2D eigenvalue weighted by molar-refractivity contribution is 6.09. The van der Waals surface area contributed by atoms with Crippen molar-refractivity contribution < 1.29 is 9.59 Å². The molecule has 1 aromatic carbocycles. The highest BCUT2D eigenvalue weighted by Gasteiger charge is 2.31. The summed E-state index contributed by atoms with van der Waals surface area (Å²) in [5.74, 6) is 0.0894. The smallest absolute Gasteiger partial charge is 0.170 e. The molecule has 5 heteroatoms. The lowest BCUT2D eigenvalue weighted by Crippen LogP contribution is -2.15. The largest absolute Gasteiger partial charge is 0.299 e. The van der Waals surface area contributed by atoms with Crippen LogP contribution in [0.2, 0.25) is 0 Å². The third-order valence-corrected chi connectivity index (χ3v) is 3.91. The molecule has 0 N–H and O–H groups in total. The van der Waals surface area contributed by atoms with Crippen LogP contribution in [0.4, 0.5) is 0 Å². The topological polar surface area (TPSA) is 64.8 Å². The first-order valence-corrected chi connectivity index (χ1v) is 7.15. The molecule has 1 unspecified atom stereocenters. The summed E-state index contributed by atoms with van der Waals surface area (Å²) in [5.41, 5.74) is 1.48. The van der Waals surface area contributed by atoms with Crippen molar-refractivity contribution in [1.82, 2.24) is 14.8 Å². The van der Waals surface area contributed by atoms with Crippen LogP contribution >= 0.6 is 0 Å². The first kappa shape index (κ1) is 13.7. The maximum absolute atomic E-state index is 12.4. The molecule has 0 aliphatic heterocycles. The van der Waals surface area contributed by atoms with Crippen LogP contribution in [0.15, 0.2) is 36.9 Å². The molecular formula is C16H17N3O2. The Hall–Kier alpha value is -2.30. The monoisotopic (exact) mass is 283 g/mol. The predicted octanol–water partition coefficient (Wildman–Crippen LogP) is 2.44. The molecule has 0 radical (unpaired) electrons. The molecule has 0 saturated heterocycles. The molecule has 1 atom stereocenters. The van der Waals surface area contributed by atoms with Gasteiger partial charge in [0.15, 0.2) is 5.78 Å². The number of ketones is 2. The van der Waals surface area contributed by atoms with Crippen molar-refractivity contribution in [3.63, 3.8) is 0 Å². The molecule has 2 aromatic rings. The molecule has 1 saturated carbocycles. The highest BCUT2D eigenvalue weighted by atomic mass is 16.1. The number of Topliss-reactive ketones (excluding diaryl/α,β-unsaturated/α-hetero) is 2. The molecular weight excluding hydrogens is 266 g/mol. The Bertz CT molecular complexity index is 660. The minimum absolute atomic E-state index is 0.00571. The van der Waals surface area contributed by atoms with Crippen molar-refractivity contribution in [2.24, 2.45) is 5.92 Å². The van der Waals surface area contributed by atoms with Crippen LogP contribution in [0.25, 0.3) is 0 Å². The second-order valence-electron chi connectivity index (χ2n) is 5.48. The average molecular weight is 283 g/mol. The van der Waals surface area contributed by atoms with Crippen molar-refractivity contribution in [3.05, 3.63) is 48.0 Å². The van der Waals surface area contributed by atoms with Crippen molar-refractivity contribution >= 4 is 11.6 Å².